The number of nitrogens with zero attached hydrogens (tertiary/aromatic N) is 2. The third-order valence-electron chi connectivity index (χ3n) is 4.33. The van der Waals surface area contributed by atoms with E-state index in [1.165, 1.54) is 19.5 Å². The molecule has 1 fully saturated rings. The summed E-state index contributed by atoms with van der Waals surface area (Å²) < 4.78 is 11.3. The van der Waals surface area contributed by atoms with Crippen molar-refractivity contribution in [3.8, 4) is 11.6 Å². The molecule has 0 bridgehead atoms. The minimum Gasteiger partial charge on any atom is -0.485 e. The molecule has 1 aliphatic carbocycles. The van der Waals surface area contributed by atoms with Crippen LogP contribution in [-0.4, -0.2) is 29.5 Å². The Labute approximate surface area is 156 Å². The van der Waals surface area contributed by atoms with Crippen molar-refractivity contribution in [3.63, 3.8) is 0 Å². The second-order valence-electron chi connectivity index (χ2n) is 5.93. The SMILES string of the molecule is COc1ncc(C(C=O)c2c(Cl)cncc2Cl)cc1OC1CCCC1. The first-order valence-electron chi connectivity index (χ1n) is 8.08. The fraction of sp³-hybridized carbons (Fsp3) is 0.389. The zero-order chi connectivity index (χ0) is 17.8. The summed E-state index contributed by atoms with van der Waals surface area (Å²) in [5.41, 5.74) is 1.14. The number of hydrogen-bond acceptors (Lipinski definition) is 5. The largest absolute Gasteiger partial charge is 0.485 e. The average Bonchev–Trinajstić information content (AvgIpc) is 3.11. The molecule has 0 saturated heterocycles. The van der Waals surface area contributed by atoms with Crippen LogP contribution < -0.4 is 9.47 Å². The van der Waals surface area contributed by atoms with Crippen molar-refractivity contribution in [2.75, 3.05) is 7.11 Å². The van der Waals surface area contributed by atoms with Gasteiger partial charge in [-0.05, 0) is 37.3 Å². The van der Waals surface area contributed by atoms with Crippen LogP contribution in [0.4, 0.5) is 0 Å². The van der Waals surface area contributed by atoms with Crippen molar-refractivity contribution >= 4 is 29.5 Å². The van der Waals surface area contributed by atoms with Gasteiger partial charge in [0.15, 0.2) is 5.75 Å². The lowest BCUT2D eigenvalue weighted by molar-refractivity contribution is -0.108. The molecule has 0 N–H and O–H groups in total. The molecular weight excluding hydrogens is 363 g/mol. The highest BCUT2D eigenvalue weighted by Crippen LogP contribution is 2.37. The molecule has 0 spiro atoms. The lowest BCUT2D eigenvalue weighted by Gasteiger charge is -2.18. The van der Waals surface area contributed by atoms with Crippen LogP contribution in [0.5, 0.6) is 11.6 Å². The zero-order valence-corrected chi connectivity index (χ0v) is 15.3. The highest BCUT2D eigenvalue weighted by atomic mass is 35.5. The number of rotatable bonds is 6. The van der Waals surface area contributed by atoms with Crippen LogP contribution in [0.25, 0.3) is 0 Å². The highest BCUT2D eigenvalue weighted by Gasteiger charge is 2.24. The van der Waals surface area contributed by atoms with E-state index in [0.717, 1.165) is 32.0 Å². The van der Waals surface area contributed by atoms with E-state index in [4.69, 9.17) is 32.7 Å². The fourth-order valence-corrected chi connectivity index (χ4v) is 3.67. The summed E-state index contributed by atoms with van der Waals surface area (Å²) in [6.45, 7) is 0. The molecule has 2 heterocycles. The van der Waals surface area contributed by atoms with Gasteiger partial charge in [-0.25, -0.2) is 4.98 Å². The molecule has 3 rings (SSSR count). The van der Waals surface area contributed by atoms with E-state index in [2.05, 4.69) is 9.97 Å². The summed E-state index contributed by atoms with van der Waals surface area (Å²) >= 11 is 12.4. The Morgan fingerprint density at radius 3 is 2.48 bits per heavy atom. The normalized spacial score (nSPS) is 15.8. The topological polar surface area (TPSA) is 61.3 Å². The van der Waals surface area contributed by atoms with Crippen molar-refractivity contribution in [3.05, 3.63) is 45.8 Å². The number of hydrogen-bond donors (Lipinski definition) is 0. The summed E-state index contributed by atoms with van der Waals surface area (Å²) in [5, 5.41) is 0.664. The van der Waals surface area contributed by atoms with Crippen LogP contribution in [0.15, 0.2) is 24.7 Å². The number of methoxy groups -OCH3 is 1. The van der Waals surface area contributed by atoms with Gasteiger partial charge in [-0.3, -0.25) is 4.98 Å². The summed E-state index contributed by atoms with van der Waals surface area (Å²) in [5.74, 6) is 0.264. The third kappa shape index (κ3) is 3.88. The van der Waals surface area contributed by atoms with Gasteiger partial charge in [0.2, 0.25) is 0 Å². The molecule has 25 heavy (non-hydrogen) atoms. The van der Waals surface area contributed by atoms with Crippen molar-refractivity contribution in [1.29, 1.82) is 0 Å². The van der Waals surface area contributed by atoms with Crippen LogP contribution in [0.3, 0.4) is 0 Å². The van der Waals surface area contributed by atoms with Gasteiger partial charge in [-0.1, -0.05) is 23.2 Å². The van der Waals surface area contributed by atoms with Gasteiger partial charge >= 0.3 is 0 Å². The first-order valence-corrected chi connectivity index (χ1v) is 8.84. The summed E-state index contributed by atoms with van der Waals surface area (Å²) in [6, 6.07) is 1.77. The number of carbonyl (C=O) groups is 1. The summed E-state index contributed by atoms with van der Waals surface area (Å²) in [4.78, 5) is 20.0. The molecule has 7 heteroatoms. The third-order valence-corrected chi connectivity index (χ3v) is 4.93. The molecule has 1 saturated carbocycles. The minimum atomic E-state index is -0.660. The fourth-order valence-electron chi connectivity index (χ4n) is 3.07. The maximum absolute atomic E-state index is 11.8. The molecule has 1 atom stereocenters. The van der Waals surface area contributed by atoms with E-state index < -0.39 is 5.92 Å². The summed E-state index contributed by atoms with van der Waals surface area (Å²) in [6.07, 6.45) is 9.76. The molecule has 0 amide bonds. The van der Waals surface area contributed by atoms with E-state index in [0.29, 0.717) is 32.8 Å². The molecule has 1 aliphatic rings. The van der Waals surface area contributed by atoms with E-state index in [9.17, 15) is 4.79 Å². The van der Waals surface area contributed by atoms with E-state index in [-0.39, 0.29) is 6.10 Å². The maximum atomic E-state index is 11.8. The van der Waals surface area contributed by atoms with Gasteiger partial charge < -0.3 is 14.3 Å². The Balaban J connectivity index is 1.98. The van der Waals surface area contributed by atoms with E-state index >= 15 is 0 Å². The Hall–Kier alpha value is -1.85. The maximum Gasteiger partial charge on any atom is 0.256 e. The molecule has 2 aromatic rings. The van der Waals surface area contributed by atoms with Crippen LogP contribution in [0, 0.1) is 0 Å². The molecular formula is C18H18Cl2N2O3. The van der Waals surface area contributed by atoms with E-state index in [1.54, 1.807) is 12.3 Å². The first-order chi connectivity index (χ1) is 12.1. The molecule has 5 nitrogen and oxygen atoms in total. The number of aldehydes is 1. The molecule has 0 aliphatic heterocycles. The van der Waals surface area contributed by atoms with Gasteiger partial charge in [0.1, 0.15) is 6.29 Å². The molecule has 0 radical (unpaired) electrons. The number of carbonyl (C=O) groups excluding carboxylic acids is 1. The average molecular weight is 381 g/mol. The lowest BCUT2D eigenvalue weighted by atomic mass is 9.94. The van der Waals surface area contributed by atoms with Gasteiger partial charge in [0.25, 0.3) is 5.88 Å². The number of halogens is 2. The highest BCUT2D eigenvalue weighted by molar-refractivity contribution is 6.36. The van der Waals surface area contributed by atoms with E-state index in [1.807, 2.05) is 0 Å². The van der Waals surface area contributed by atoms with Gasteiger partial charge in [-0.15, -0.1) is 0 Å². The smallest absolute Gasteiger partial charge is 0.256 e. The van der Waals surface area contributed by atoms with Gasteiger partial charge in [0, 0.05) is 24.2 Å². The predicted octanol–water partition coefficient (Wildman–Crippen LogP) is 4.44. The summed E-state index contributed by atoms with van der Waals surface area (Å²) in [7, 11) is 1.54. The zero-order valence-electron chi connectivity index (χ0n) is 13.7. The predicted molar refractivity (Wildman–Crippen MR) is 95.8 cm³/mol. The second-order valence-corrected chi connectivity index (χ2v) is 6.75. The Morgan fingerprint density at radius 2 is 1.88 bits per heavy atom. The van der Waals surface area contributed by atoms with Crippen molar-refractivity contribution in [2.24, 2.45) is 0 Å². The number of pyridine rings is 2. The van der Waals surface area contributed by atoms with Crippen molar-refractivity contribution in [1.82, 2.24) is 9.97 Å². The van der Waals surface area contributed by atoms with Crippen molar-refractivity contribution in [2.45, 2.75) is 37.7 Å². The van der Waals surface area contributed by atoms with Crippen LogP contribution in [0.1, 0.15) is 42.7 Å². The van der Waals surface area contributed by atoms with Crippen LogP contribution in [0.2, 0.25) is 10.0 Å². The standard InChI is InChI=1S/C18H18Cl2N2O3/c1-24-18-16(25-12-4-2-3-5-12)6-11(7-22-18)13(10-23)17-14(19)8-21-9-15(17)20/h6-10,12-13H,2-5H2,1H3. The number of aromatic nitrogens is 2. The first kappa shape index (κ1) is 18.0. The molecule has 0 aromatic carbocycles. The Kier molecular flexibility index (Phi) is 5.76. The van der Waals surface area contributed by atoms with Crippen LogP contribution >= 0.6 is 23.2 Å². The van der Waals surface area contributed by atoms with Crippen molar-refractivity contribution < 1.29 is 14.3 Å². The van der Waals surface area contributed by atoms with Gasteiger partial charge in [-0.2, -0.15) is 0 Å². The van der Waals surface area contributed by atoms with Gasteiger partial charge in [0.05, 0.1) is 29.2 Å². The lowest BCUT2D eigenvalue weighted by Crippen LogP contribution is -2.13. The van der Waals surface area contributed by atoms with Crippen LogP contribution in [-0.2, 0) is 4.79 Å². The molecule has 132 valence electrons. The second kappa shape index (κ2) is 8.02. The Morgan fingerprint density at radius 1 is 1.20 bits per heavy atom. The quantitative estimate of drug-likeness (QED) is 0.692. The molecule has 1 unspecified atom stereocenters. The monoisotopic (exact) mass is 380 g/mol. The minimum absolute atomic E-state index is 0.147. The Bertz CT molecular complexity index is 744. The number of ether oxygens (including phenoxy) is 2. The molecule has 2 aromatic heterocycles.